The minimum Gasteiger partial charge on any atom is -0.494 e. The molecule has 2 amide bonds. The first-order valence-electron chi connectivity index (χ1n) is 25.2. The van der Waals surface area contributed by atoms with Gasteiger partial charge < -0.3 is 38.2 Å². The summed E-state index contributed by atoms with van der Waals surface area (Å²) in [7, 11) is 2.82. The molecule has 0 unspecified atom stereocenters. The van der Waals surface area contributed by atoms with Gasteiger partial charge >= 0.3 is 0 Å². The Morgan fingerprint density at radius 3 is 1.48 bits per heavy atom. The number of imidazole rings is 2. The van der Waals surface area contributed by atoms with E-state index in [1.807, 2.05) is 60.8 Å². The van der Waals surface area contributed by atoms with Gasteiger partial charge in [-0.25, -0.2) is 9.97 Å². The summed E-state index contributed by atoms with van der Waals surface area (Å²) in [5.74, 6) is 8.07. The molecule has 2 fully saturated rings. The van der Waals surface area contributed by atoms with Crippen molar-refractivity contribution in [3.05, 3.63) is 146 Å². The minimum absolute atomic E-state index is 0.00408. The van der Waals surface area contributed by atoms with Gasteiger partial charge in [0.15, 0.2) is 23.0 Å². The fourth-order valence-corrected chi connectivity index (χ4v) is 9.40. The summed E-state index contributed by atoms with van der Waals surface area (Å²) in [4.78, 5) is 47.1. The Balaban J connectivity index is 0.000000188. The van der Waals surface area contributed by atoms with Gasteiger partial charge in [-0.1, -0.05) is 24.6 Å². The molecule has 0 aliphatic carbocycles. The zero-order valence-corrected chi connectivity index (χ0v) is 43.8. The normalized spacial score (nSPS) is 15.0. The largest absolute Gasteiger partial charge is 0.494 e. The van der Waals surface area contributed by atoms with Crippen LogP contribution < -0.4 is 28.4 Å². The van der Waals surface area contributed by atoms with Crippen LogP contribution in [-0.2, 0) is 9.59 Å². The Labute approximate surface area is 444 Å². The molecule has 2 aliphatic rings. The van der Waals surface area contributed by atoms with E-state index in [0.29, 0.717) is 49.4 Å². The SMILES string of the molecule is C=CC(=O)N1CC[C@@H](c2nc(-c3ccc(Oc4cccc(OC)c4F)cc3)c3cncc(OC(C)C)n23)C1.CC#CC(=O)N1CC[C@@H](c2nc(-c3ccc(Oc4cccc(OC)c4F)cc3)c3cncc(OC(C)C)n23)C1. The second-order valence-electron chi connectivity index (χ2n) is 18.8. The van der Waals surface area contributed by atoms with Crippen LogP contribution >= 0.6 is 0 Å². The van der Waals surface area contributed by atoms with Crippen molar-refractivity contribution in [1.29, 1.82) is 0 Å². The van der Waals surface area contributed by atoms with E-state index in [4.69, 9.17) is 38.4 Å². The molecule has 0 saturated carbocycles. The van der Waals surface area contributed by atoms with Crippen molar-refractivity contribution in [3.63, 3.8) is 0 Å². The van der Waals surface area contributed by atoms with E-state index >= 15 is 0 Å². The summed E-state index contributed by atoms with van der Waals surface area (Å²) >= 11 is 0. The van der Waals surface area contributed by atoms with Crippen LogP contribution in [0.25, 0.3) is 33.5 Å². The van der Waals surface area contributed by atoms with Gasteiger partial charge in [0.05, 0.1) is 73.6 Å². The van der Waals surface area contributed by atoms with Gasteiger partial charge in [0.1, 0.15) is 23.1 Å². The molecule has 0 radical (unpaired) electrons. The van der Waals surface area contributed by atoms with Gasteiger partial charge in [-0.2, -0.15) is 8.78 Å². The topological polar surface area (TPSA) is 156 Å². The van der Waals surface area contributed by atoms with Gasteiger partial charge in [0, 0.05) is 49.1 Å². The predicted octanol–water partition coefficient (Wildman–Crippen LogP) is 11.1. The maximum absolute atomic E-state index is 14.6. The molecule has 0 bridgehead atoms. The average molecular weight is 1050 g/mol. The van der Waals surface area contributed by atoms with Crippen molar-refractivity contribution in [2.24, 2.45) is 0 Å². The highest BCUT2D eigenvalue weighted by molar-refractivity contribution is 5.93. The van der Waals surface area contributed by atoms with E-state index in [1.165, 1.54) is 32.4 Å². The number of methoxy groups -OCH3 is 2. The first-order valence-corrected chi connectivity index (χ1v) is 25.2. The van der Waals surface area contributed by atoms with E-state index < -0.39 is 11.6 Å². The lowest BCUT2D eigenvalue weighted by atomic mass is 10.1. The van der Waals surface area contributed by atoms with Crippen LogP contribution in [-0.4, -0.2) is 103 Å². The quantitative estimate of drug-likeness (QED) is 0.0708. The van der Waals surface area contributed by atoms with Crippen LogP contribution in [0.4, 0.5) is 8.78 Å². The first kappa shape index (κ1) is 52.9. The van der Waals surface area contributed by atoms with Gasteiger partial charge in [-0.3, -0.25) is 28.4 Å². The van der Waals surface area contributed by atoms with Crippen LogP contribution in [0.3, 0.4) is 0 Å². The zero-order valence-electron chi connectivity index (χ0n) is 43.8. The van der Waals surface area contributed by atoms with Crippen LogP contribution in [0.2, 0.25) is 0 Å². The van der Waals surface area contributed by atoms with E-state index in [1.54, 1.807) is 90.0 Å². The van der Waals surface area contributed by atoms with E-state index in [2.05, 4.69) is 28.4 Å². The molecule has 16 nitrogen and oxygen atoms in total. The molecule has 8 aromatic rings. The number of hydrogen-bond acceptors (Lipinski definition) is 12. The summed E-state index contributed by atoms with van der Waals surface area (Å²) in [6.07, 6.45) is 9.65. The number of nitrogens with zero attached hydrogens (tertiary/aromatic N) is 8. The molecule has 4 aromatic carbocycles. The van der Waals surface area contributed by atoms with E-state index in [-0.39, 0.29) is 58.9 Å². The number of ether oxygens (including phenoxy) is 6. The third kappa shape index (κ3) is 11.3. The van der Waals surface area contributed by atoms with Crippen LogP contribution in [0, 0.1) is 23.5 Å². The molecule has 396 valence electrons. The van der Waals surface area contributed by atoms with E-state index in [0.717, 1.165) is 58.0 Å². The Morgan fingerprint density at radius 1 is 0.636 bits per heavy atom. The highest BCUT2D eigenvalue weighted by Crippen LogP contribution is 2.39. The van der Waals surface area contributed by atoms with Gasteiger partial charge in [-0.15, -0.1) is 0 Å². The number of hydrogen-bond donors (Lipinski definition) is 0. The lowest BCUT2D eigenvalue weighted by Gasteiger charge is -2.16. The number of benzene rings is 4. The molecule has 6 heterocycles. The standard InChI is InChI=1S/C30H29FN4O4.C29H29FN4O4/c1-5-7-26(36)34-15-14-21(18-34)30-33-29(23-16-32-17-27(35(23)30)38-19(2)3)20-10-12-22(13-11-20)39-25-9-6-8-24(37-4)28(25)31;1-5-25(35)33-14-13-20(17-33)29-32-28(22-15-31-16-26(34(22)29)37-18(2)3)19-9-11-21(12-10-19)38-24-8-6-7-23(36-4)27(24)30/h6,8-13,16-17,19,21H,14-15,18H2,1-4H3;5-12,15-16,18,20H,1,13-14,17H2,2-4H3/t21-;20-/m11/s1. The number of amides is 2. The molecule has 2 aliphatic heterocycles. The van der Waals surface area contributed by atoms with Gasteiger partial charge in [0.25, 0.3) is 5.91 Å². The van der Waals surface area contributed by atoms with Crippen LogP contribution in [0.15, 0.2) is 122 Å². The van der Waals surface area contributed by atoms with Gasteiger partial charge in [0.2, 0.25) is 29.3 Å². The summed E-state index contributed by atoms with van der Waals surface area (Å²) in [6.45, 7) is 15.4. The first-order chi connectivity index (χ1) is 37.3. The lowest BCUT2D eigenvalue weighted by Crippen LogP contribution is -2.27. The van der Waals surface area contributed by atoms with Crippen LogP contribution in [0.1, 0.15) is 70.9 Å². The third-order valence-electron chi connectivity index (χ3n) is 12.9. The lowest BCUT2D eigenvalue weighted by molar-refractivity contribution is -0.125. The molecule has 77 heavy (non-hydrogen) atoms. The molecular formula is C59H58F2N8O8. The Bertz CT molecular complexity index is 3510. The Kier molecular flexibility index (Phi) is 16.0. The molecule has 4 aromatic heterocycles. The second kappa shape index (κ2) is 23.3. The zero-order chi connectivity index (χ0) is 54.3. The molecule has 0 N–H and O–H groups in total. The fourth-order valence-electron chi connectivity index (χ4n) is 9.40. The molecule has 10 rings (SSSR count). The molecule has 0 spiro atoms. The smallest absolute Gasteiger partial charge is 0.298 e. The van der Waals surface area contributed by atoms with Gasteiger partial charge in [-0.05, 0) is 132 Å². The molecular weight excluding hydrogens is 987 g/mol. The Morgan fingerprint density at radius 2 is 1.06 bits per heavy atom. The maximum Gasteiger partial charge on any atom is 0.298 e. The summed E-state index contributed by atoms with van der Waals surface area (Å²) in [5.41, 5.74) is 4.71. The summed E-state index contributed by atoms with van der Waals surface area (Å²) < 4.78 is 66.9. The average Bonchev–Trinajstić information content (AvgIpc) is 4.30. The van der Waals surface area contributed by atoms with Crippen molar-refractivity contribution in [2.75, 3.05) is 40.4 Å². The number of carbonyl (C=O) groups is 2. The number of halogens is 2. The maximum atomic E-state index is 14.6. The second-order valence-corrected chi connectivity index (χ2v) is 18.8. The number of rotatable bonds is 15. The number of carbonyl (C=O) groups excluding carboxylic acids is 2. The highest BCUT2D eigenvalue weighted by Gasteiger charge is 2.33. The summed E-state index contributed by atoms with van der Waals surface area (Å²) in [6, 6.07) is 24.0. The number of likely N-dealkylation sites (tertiary alicyclic amines) is 2. The van der Waals surface area contributed by atoms with Crippen LogP contribution in [0.5, 0.6) is 46.3 Å². The number of fused-ring (bicyclic) bond motifs is 2. The van der Waals surface area contributed by atoms with Crippen molar-refractivity contribution in [2.45, 2.75) is 71.5 Å². The molecule has 18 heteroatoms. The highest BCUT2D eigenvalue weighted by atomic mass is 19.1. The number of aromatic nitrogens is 6. The van der Waals surface area contributed by atoms with E-state index in [9.17, 15) is 18.4 Å². The summed E-state index contributed by atoms with van der Waals surface area (Å²) in [5, 5.41) is 0. The van der Waals surface area contributed by atoms with Crippen molar-refractivity contribution in [3.8, 4) is 80.6 Å². The predicted molar refractivity (Wildman–Crippen MR) is 286 cm³/mol. The van der Waals surface area contributed by atoms with Crippen molar-refractivity contribution >= 4 is 22.8 Å². The molecule has 2 saturated heterocycles. The fraction of sp³-hybridized carbons (Fsp3) is 0.288. The van der Waals surface area contributed by atoms with Crippen molar-refractivity contribution < 1.29 is 46.8 Å². The molecule has 2 atom stereocenters. The minimum atomic E-state index is -0.563. The third-order valence-corrected chi connectivity index (χ3v) is 12.9. The Hall–Kier alpha value is -8.98. The monoisotopic (exact) mass is 1040 g/mol. The van der Waals surface area contributed by atoms with Crippen molar-refractivity contribution in [1.82, 2.24) is 38.5 Å².